The number of hydrogen-bond donors (Lipinski definition) is 1. The van der Waals surface area contributed by atoms with Gasteiger partial charge >= 0.3 is 0 Å². The Morgan fingerprint density at radius 3 is 2.52 bits per heavy atom. The second-order valence-corrected chi connectivity index (χ2v) is 6.86. The number of pyridine rings is 1. The number of fused-ring (bicyclic) bond motifs is 3. The van der Waals surface area contributed by atoms with Crippen molar-refractivity contribution in [1.82, 2.24) is 14.9 Å². The molecule has 27 heavy (non-hydrogen) atoms. The van der Waals surface area contributed by atoms with E-state index in [1.54, 1.807) is 24.5 Å². The Balaban J connectivity index is 1.67. The molecule has 1 atom stereocenters. The number of carbonyl (C=O) groups is 1. The average Bonchev–Trinajstić information content (AvgIpc) is 3.12. The summed E-state index contributed by atoms with van der Waals surface area (Å²) in [6.07, 6.45) is 4.19. The number of amides is 1. The molecule has 0 fully saturated rings. The molecule has 132 valence electrons. The van der Waals surface area contributed by atoms with Gasteiger partial charge in [0.1, 0.15) is 0 Å². The van der Waals surface area contributed by atoms with Crippen LogP contribution in [0.15, 0.2) is 79.1 Å². The third kappa shape index (κ3) is 2.61. The van der Waals surface area contributed by atoms with Gasteiger partial charge < -0.3 is 9.88 Å². The molecule has 3 heterocycles. The van der Waals surface area contributed by atoms with E-state index in [0.29, 0.717) is 12.1 Å². The molecule has 4 aromatic rings. The second kappa shape index (κ2) is 6.40. The Labute approximate surface area is 157 Å². The molecule has 0 bridgehead atoms. The number of carbonyl (C=O) groups excluding carboxylic acids is 1. The van der Waals surface area contributed by atoms with E-state index in [2.05, 4.69) is 40.3 Å². The maximum Gasteiger partial charge on any atom is 0.254 e. The maximum atomic E-state index is 13.3. The molecule has 1 amide bonds. The van der Waals surface area contributed by atoms with E-state index in [-0.39, 0.29) is 11.9 Å². The topological polar surface area (TPSA) is 49.0 Å². The molecule has 2 aromatic heterocycles. The molecule has 0 aliphatic carbocycles. The molecule has 4 nitrogen and oxygen atoms in total. The standard InChI is InChI=1S/C23H19N3O/c27-23(17-10-13-24-14-11-17)26-15-12-19-18-8-4-5-9-20(18)25-21(19)22(26)16-6-2-1-3-7-16/h1-11,13-14,22,25H,12,15H2/t22-/m1/s1. The van der Waals surface area contributed by atoms with Gasteiger partial charge in [-0.1, -0.05) is 48.5 Å². The molecule has 0 saturated heterocycles. The monoisotopic (exact) mass is 353 g/mol. The molecule has 0 unspecified atom stereocenters. The number of benzene rings is 2. The van der Waals surface area contributed by atoms with Gasteiger partial charge in [0.15, 0.2) is 0 Å². The Morgan fingerprint density at radius 2 is 1.70 bits per heavy atom. The predicted octanol–water partition coefficient (Wildman–Crippen LogP) is 4.35. The minimum atomic E-state index is -0.122. The lowest BCUT2D eigenvalue weighted by Crippen LogP contribution is -2.40. The molecule has 1 aliphatic heterocycles. The van der Waals surface area contributed by atoms with Crippen LogP contribution < -0.4 is 0 Å². The molecule has 1 N–H and O–H groups in total. The van der Waals surface area contributed by atoms with Crippen LogP contribution in [0.25, 0.3) is 10.9 Å². The first kappa shape index (κ1) is 15.8. The summed E-state index contributed by atoms with van der Waals surface area (Å²) in [5.41, 5.74) is 5.36. The summed E-state index contributed by atoms with van der Waals surface area (Å²) in [5.74, 6) is 0.0376. The van der Waals surface area contributed by atoms with Crippen LogP contribution in [0.3, 0.4) is 0 Å². The number of H-pyrrole nitrogens is 1. The van der Waals surface area contributed by atoms with Gasteiger partial charge in [-0.3, -0.25) is 9.78 Å². The zero-order valence-electron chi connectivity index (χ0n) is 14.8. The first-order valence-corrected chi connectivity index (χ1v) is 9.18. The number of hydrogen-bond acceptors (Lipinski definition) is 2. The molecule has 0 saturated carbocycles. The van der Waals surface area contributed by atoms with Crippen molar-refractivity contribution in [3.63, 3.8) is 0 Å². The average molecular weight is 353 g/mol. The molecule has 4 heteroatoms. The predicted molar refractivity (Wildman–Crippen MR) is 106 cm³/mol. The Hall–Kier alpha value is -3.40. The summed E-state index contributed by atoms with van der Waals surface area (Å²) >= 11 is 0. The summed E-state index contributed by atoms with van der Waals surface area (Å²) in [6.45, 7) is 0.690. The fraction of sp³-hybridized carbons (Fsp3) is 0.130. The van der Waals surface area contributed by atoms with Gasteiger partial charge in [0.25, 0.3) is 5.91 Å². The van der Waals surface area contributed by atoms with Gasteiger partial charge in [0, 0.05) is 41.1 Å². The number of nitrogens with one attached hydrogen (secondary N) is 1. The molecule has 0 spiro atoms. The first-order valence-electron chi connectivity index (χ1n) is 9.18. The van der Waals surface area contributed by atoms with Crippen LogP contribution >= 0.6 is 0 Å². The summed E-state index contributed by atoms with van der Waals surface area (Å²) in [4.78, 5) is 22.9. The van der Waals surface area contributed by atoms with Crippen LogP contribution in [-0.4, -0.2) is 27.3 Å². The number of nitrogens with zero attached hydrogens (tertiary/aromatic N) is 2. The first-order chi connectivity index (χ1) is 13.3. The minimum absolute atomic E-state index is 0.0376. The van der Waals surface area contributed by atoms with Crippen molar-refractivity contribution in [3.05, 3.63) is 102 Å². The Morgan fingerprint density at radius 1 is 0.963 bits per heavy atom. The van der Waals surface area contributed by atoms with E-state index in [0.717, 1.165) is 23.2 Å². The van der Waals surface area contributed by atoms with E-state index in [4.69, 9.17) is 0 Å². The van der Waals surface area contributed by atoms with Crippen LogP contribution in [0, 0.1) is 0 Å². The lowest BCUT2D eigenvalue weighted by Gasteiger charge is -2.36. The smallest absolute Gasteiger partial charge is 0.254 e. The highest BCUT2D eigenvalue weighted by atomic mass is 16.2. The maximum absolute atomic E-state index is 13.3. The zero-order valence-corrected chi connectivity index (χ0v) is 14.8. The van der Waals surface area contributed by atoms with Crippen molar-refractivity contribution < 1.29 is 4.79 Å². The van der Waals surface area contributed by atoms with Gasteiger partial charge in [-0.25, -0.2) is 0 Å². The van der Waals surface area contributed by atoms with Crippen molar-refractivity contribution in [2.45, 2.75) is 12.5 Å². The van der Waals surface area contributed by atoms with Crippen LogP contribution in [0.4, 0.5) is 0 Å². The summed E-state index contributed by atoms with van der Waals surface area (Å²) in [5, 5.41) is 1.25. The minimum Gasteiger partial charge on any atom is -0.356 e. The largest absolute Gasteiger partial charge is 0.356 e. The van der Waals surface area contributed by atoms with Crippen LogP contribution in [0.1, 0.15) is 33.2 Å². The van der Waals surface area contributed by atoms with Crippen LogP contribution in [0.5, 0.6) is 0 Å². The SMILES string of the molecule is O=C(c1ccncc1)N1CCc2c([nH]c3ccccc23)[C@H]1c1ccccc1. The number of rotatable bonds is 2. The van der Waals surface area contributed by atoms with Gasteiger partial charge in [-0.05, 0) is 35.7 Å². The van der Waals surface area contributed by atoms with Crippen molar-refractivity contribution in [3.8, 4) is 0 Å². The third-order valence-corrected chi connectivity index (χ3v) is 5.34. The molecule has 5 rings (SSSR count). The van der Waals surface area contributed by atoms with Gasteiger partial charge in [-0.15, -0.1) is 0 Å². The molecule has 0 radical (unpaired) electrons. The second-order valence-electron chi connectivity index (χ2n) is 6.86. The lowest BCUT2D eigenvalue weighted by atomic mass is 9.92. The van der Waals surface area contributed by atoms with E-state index in [1.807, 2.05) is 29.2 Å². The number of para-hydroxylation sites is 1. The van der Waals surface area contributed by atoms with Gasteiger partial charge in [0.05, 0.1) is 6.04 Å². The normalized spacial score (nSPS) is 16.3. The van der Waals surface area contributed by atoms with Crippen molar-refractivity contribution >= 4 is 16.8 Å². The van der Waals surface area contributed by atoms with E-state index < -0.39 is 0 Å². The Kier molecular flexibility index (Phi) is 3.75. The zero-order chi connectivity index (χ0) is 18.2. The van der Waals surface area contributed by atoms with E-state index >= 15 is 0 Å². The van der Waals surface area contributed by atoms with Crippen molar-refractivity contribution in [2.24, 2.45) is 0 Å². The highest BCUT2D eigenvalue weighted by molar-refractivity contribution is 5.95. The van der Waals surface area contributed by atoms with E-state index in [1.165, 1.54) is 10.9 Å². The molecule has 2 aromatic carbocycles. The summed E-state index contributed by atoms with van der Waals surface area (Å²) in [7, 11) is 0. The Bertz CT molecular complexity index is 1100. The summed E-state index contributed by atoms with van der Waals surface area (Å²) < 4.78 is 0. The highest BCUT2D eigenvalue weighted by Crippen LogP contribution is 2.38. The quantitative estimate of drug-likeness (QED) is 0.582. The van der Waals surface area contributed by atoms with Crippen LogP contribution in [-0.2, 0) is 6.42 Å². The summed E-state index contributed by atoms with van der Waals surface area (Å²) in [6, 6.07) is 22.1. The molecular weight excluding hydrogens is 334 g/mol. The number of aromatic amines is 1. The fourth-order valence-electron chi connectivity index (χ4n) is 4.10. The third-order valence-electron chi connectivity index (χ3n) is 5.34. The van der Waals surface area contributed by atoms with E-state index in [9.17, 15) is 4.79 Å². The van der Waals surface area contributed by atoms with Gasteiger partial charge in [0.2, 0.25) is 0 Å². The van der Waals surface area contributed by atoms with Crippen LogP contribution in [0.2, 0.25) is 0 Å². The van der Waals surface area contributed by atoms with Gasteiger partial charge in [-0.2, -0.15) is 0 Å². The fourth-order valence-corrected chi connectivity index (χ4v) is 4.10. The number of aromatic nitrogens is 2. The highest BCUT2D eigenvalue weighted by Gasteiger charge is 2.34. The lowest BCUT2D eigenvalue weighted by molar-refractivity contribution is 0.0692. The molecule has 1 aliphatic rings. The molecular formula is C23H19N3O. The van der Waals surface area contributed by atoms with Crippen molar-refractivity contribution in [1.29, 1.82) is 0 Å². The van der Waals surface area contributed by atoms with Crippen molar-refractivity contribution in [2.75, 3.05) is 6.54 Å².